The van der Waals surface area contributed by atoms with Crippen LogP contribution in [-0.2, 0) is 14.8 Å². The average molecular weight is 396 g/mol. The number of anilines is 1. The molecule has 0 unspecified atom stereocenters. The first kappa shape index (κ1) is 20.7. The summed E-state index contributed by atoms with van der Waals surface area (Å²) >= 11 is 0. The van der Waals surface area contributed by atoms with E-state index in [-0.39, 0.29) is 10.6 Å². The molecule has 7 nitrogen and oxygen atoms in total. The Hall–Kier alpha value is -2.65. The Morgan fingerprint density at radius 1 is 1.07 bits per heavy atom. The van der Waals surface area contributed by atoms with Gasteiger partial charge >= 0.3 is 0 Å². The molecule has 0 heterocycles. The number of sulfonamides is 1. The zero-order valence-corrected chi connectivity index (χ0v) is 16.3. The van der Waals surface area contributed by atoms with Gasteiger partial charge < -0.3 is 14.4 Å². The first-order valence-corrected chi connectivity index (χ1v) is 9.35. The van der Waals surface area contributed by atoms with Gasteiger partial charge in [0.2, 0.25) is 15.9 Å². The molecule has 0 atom stereocenters. The molecule has 146 valence electrons. The van der Waals surface area contributed by atoms with Gasteiger partial charge in [-0.3, -0.25) is 4.79 Å². The number of hydrogen-bond donors (Lipinski definition) is 0. The highest BCUT2D eigenvalue weighted by Crippen LogP contribution is 2.27. The molecule has 2 aromatic carbocycles. The van der Waals surface area contributed by atoms with Crippen LogP contribution in [0.4, 0.5) is 10.1 Å². The Bertz CT molecular complexity index is 933. The molecule has 27 heavy (non-hydrogen) atoms. The summed E-state index contributed by atoms with van der Waals surface area (Å²) in [5.74, 6) is -0.623. The lowest BCUT2D eigenvalue weighted by atomic mass is 10.2. The molecule has 0 bridgehead atoms. The molecule has 2 rings (SSSR count). The zero-order chi connectivity index (χ0) is 20.2. The normalized spacial score (nSPS) is 11.3. The lowest BCUT2D eigenvalue weighted by Crippen LogP contribution is -2.39. The van der Waals surface area contributed by atoms with Crippen LogP contribution in [0.3, 0.4) is 0 Å². The van der Waals surface area contributed by atoms with Crippen molar-refractivity contribution in [2.45, 2.75) is 4.90 Å². The minimum atomic E-state index is -4.13. The van der Waals surface area contributed by atoms with Gasteiger partial charge in [0, 0.05) is 25.8 Å². The van der Waals surface area contributed by atoms with Gasteiger partial charge in [-0.15, -0.1) is 0 Å². The lowest BCUT2D eigenvalue weighted by Gasteiger charge is -2.23. The highest BCUT2D eigenvalue weighted by Gasteiger charge is 2.28. The molecule has 0 N–H and O–H groups in total. The fraction of sp³-hybridized carbons (Fsp3) is 0.278. The summed E-state index contributed by atoms with van der Waals surface area (Å²) in [6, 6.07) is 9.98. The van der Waals surface area contributed by atoms with Crippen molar-refractivity contribution in [3.05, 3.63) is 48.3 Å². The van der Waals surface area contributed by atoms with Gasteiger partial charge in [-0.05, 0) is 30.3 Å². The van der Waals surface area contributed by atoms with Crippen LogP contribution < -0.4 is 14.4 Å². The molecule has 0 saturated carbocycles. The van der Waals surface area contributed by atoms with Crippen LogP contribution in [0.15, 0.2) is 47.4 Å². The van der Waals surface area contributed by atoms with Gasteiger partial charge in [-0.25, -0.2) is 12.8 Å². The number of nitrogens with zero attached hydrogens (tertiary/aromatic N) is 2. The van der Waals surface area contributed by atoms with E-state index >= 15 is 0 Å². The molecule has 0 spiro atoms. The van der Waals surface area contributed by atoms with Gasteiger partial charge in [0.15, 0.2) is 0 Å². The highest BCUT2D eigenvalue weighted by atomic mass is 32.2. The third kappa shape index (κ3) is 4.55. The van der Waals surface area contributed by atoms with Crippen LogP contribution in [-0.4, -0.2) is 53.5 Å². The molecule has 0 fully saturated rings. The maximum Gasteiger partial charge on any atom is 0.247 e. The van der Waals surface area contributed by atoms with E-state index in [1.807, 2.05) is 0 Å². The summed E-state index contributed by atoms with van der Waals surface area (Å²) in [4.78, 5) is 13.5. The van der Waals surface area contributed by atoms with E-state index in [9.17, 15) is 17.6 Å². The van der Waals surface area contributed by atoms with Gasteiger partial charge in [0.25, 0.3) is 0 Å². The van der Waals surface area contributed by atoms with Crippen molar-refractivity contribution in [3.63, 3.8) is 0 Å². The summed E-state index contributed by atoms with van der Waals surface area (Å²) in [5, 5.41) is 0. The Morgan fingerprint density at radius 2 is 1.78 bits per heavy atom. The minimum absolute atomic E-state index is 0.00292. The van der Waals surface area contributed by atoms with Crippen LogP contribution >= 0.6 is 0 Å². The van der Waals surface area contributed by atoms with E-state index < -0.39 is 28.3 Å². The average Bonchev–Trinajstić information content (AvgIpc) is 2.67. The minimum Gasteiger partial charge on any atom is -0.497 e. The molecule has 0 aliphatic heterocycles. The number of carbonyl (C=O) groups excluding carboxylic acids is 1. The molecular weight excluding hydrogens is 375 g/mol. The number of halogens is 1. The van der Waals surface area contributed by atoms with Crippen molar-refractivity contribution in [2.75, 3.05) is 39.8 Å². The summed E-state index contributed by atoms with van der Waals surface area (Å²) in [5.41, 5.74) is 0.550. The van der Waals surface area contributed by atoms with Crippen molar-refractivity contribution in [1.29, 1.82) is 0 Å². The van der Waals surface area contributed by atoms with E-state index in [0.717, 1.165) is 16.4 Å². The molecule has 0 aliphatic rings. The molecule has 2 aromatic rings. The van der Waals surface area contributed by atoms with Crippen molar-refractivity contribution < 1.29 is 27.1 Å². The van der Waals surface area contributed by atoms with Gasteiger partial charge in [-0.1, -0.05) is 6.07 Å². The Morgan fingerprint density at radius 3 is 2.41 bits per heavy atom. The van der Waals surface area contributed by atoms with Gasteiger partial charge in [0.05, 0.1) is 20.8 Å². The van der Waals surface area contributed by atoms with Crippen molar-refractivity contribution >= 4 is 21.6 Å². The molecule has 9 heteroatoms. The van der Waals surface area contributed by atoms with E-state index in [0.29, 0.717) is 11.4 Å². The number of hydrogen-bond acceptors (Lipinski definition) is 5. The number of amides is 1. The van der Waals surface area contributed by atoms with E-state index in [1.165, 1.54) is 39.3 Å². The number of benzene rings is 2. The van der Waals surface area contributed by atoms with Crippen molar-refractivity contribution in [1.82, 2.24) is 4.31 Å². The molecule has 0 saturated heterocycles. The van der Waals surface area contributed by atoms with Gasteiger partial charge in [-0.2, -0.15) is 4.31 Å². The monoisotopic (exact) mass is 396 g/mol. The Balaban J connectivity index is 2.23. The second-order valence-electron chi connectivity index (χ2n) is 5.71. The van der Waals surface area contributed by atoms with Crippen LogP contribution in [0, 0.1) is 5.82 Å². The van der Waals surface area contributed by atoms with Crippen molar-refractivity contribution in [2.24, 2.45) is 0 Å². The third-order valence-corrected chi connectivity index (χ3v) is 5.81. The van der Waals surface area contributed by atoms with Crippen LogP contribution in [0.2, 0.25) is 0 Å². The maximum absolute atomic E-state index is 13.5. The smallest absolute Gasteiger partial charge is 0.247 e. The fourth-order valence-electron chi connectivity index (χ4n) is 2.36. The number of ether oxygens (including phenoxy) is 2. The number of likely N-dealkylation sites (N-methyl/N-ethyl adjacent to an activating group) is 2. The van der Waals surface area contributed by atoms with E-state index in [2.05, 4.69) is 0 Å². The largest absolute Gasteiger partial charge is 0.497 e. The molecular formula is C18H21FN2O5S. The summed E-state index contributed by atoms with van der Waals surface area (Å²) in [7, 11) is 1.44. The van der Waals surface area contributed by atoms with E-state index in [1.54, 1.807) is 24.3 Å². The molecule has 0 aromatic heterocycles. The first-order valence-electron chi connectivity index (χ1n) is 7.91. The quantitative estimate of drug-likeness (QED) is 0.717. The summed E-state index contributed by atoms with van der Waals surface area (Å²) in [6.07, 6.45) is 0. The fourth-order valence-corrected chi connectivity index (χ4v) is 3.65. The number of carbonyl (C=O) groups is 1. The summed E-state index contributed by atoms with van der Waals surface area (Å²) < 4.78 is 50.0. The zero-order valence-electron chi connectivity index (χ0n) is 15.5. The number of rotatable bonds is 7. The van der Waals surface area contributed by atoms with Crippen LogP contribution in [0.5, 0.6) is 11.5 Å². The second-order valence-corrected chi connectivity index (χ2v) is 7.72. The third-order valence-electron chi connectivity index (χ3n) is 3.99. The van der Waals surface area contributed by atoms with E-state index in [4.69, 9.17) is 9.47 Å². The SMILES string of the molecule is COc1cccc(N(C)C(=O)CN(C)S(=O)(=O)c2cc(F)ccc2OC)c1. The second kappa shape index (κ2) is 8.36. The maximum atomic E-state index is 13.5. The topological polar surface area (TPSA) is 76.2 Å². The first-order chi connectivity index (χ1) is 12.7. The summed E-state index contributed by atoms with van der Waals surface area (Å²) in [6.45, 7) is -0.435. The van der Waals surface area contributed by atoms with Crippen molar-refractivity contribution in [3.8, 4) is 11.5 Å². The predicted octanol–water partition coefficient (Wildman–Crippen LogP) is 2.13. The van der Waals surface area contributed by atoms with Gasteiger partial charge in [0.1, 0.15) is 22.2 Å². The molecule has 0 radical (unpaired) electrons. The highest BCUT2D eigenvalue weighted by molar-refractivity contribution is 7.89. The van der Waals surface area contributed by atoms with Crippen LogP contribution in [0.25, 0.3) is 0 Å². The predicted molar refractivity (Wildman–Crippen MR) is 99.2 cm³/mol. The lowest BCUT2D eigenvalue weighted by molar-refractivity contribution is -0.118. The molecule has 0 aliphatic carbocycles. The Kier molecular flexibility index (Phi) is 6.40. The number of methoxy groups -OCH3 is 2. The Labute approximate surface area is 158 Å². The molecule has 1 amide bonds. The van der Waals surface area contributed by atoms with Crippen LogP contribution in [0.1, 0.15) is 0 Å². The standard InChI is InChI=1S/C18H21FN2O5S/c1-20(27(23,24)17-10-13(19)8-9-16(17)26-4)12-18(22)21(2)14-6-5-7-15(11-14)25-3/h5-11H,12H2,1-4H3.